The van der Waals surface area contributed by atoms with Crippen LogP contribution in [-0.2, 0) is 12.7 Å². The van der Waals surface area contributed by atoms with E-state index < -0.39 is 17.5 Å². The minimum atomic E-state index is -4.36. The van der Waals surface area contributed by atoms with E-state index in [9.17, 15) is 18.0 Å². The average Bonchev–Trinajstić information content (AvgIpc) is 3.25. The number of fused-ring (bicyclic) bond motifs is 1. The summed E-state index contributed by atoms with van der Waals surface area (Å²) < 4.78 is 46.7. The summed E-state index contributed by atoms with van der Waals surface area (Å²) in [6.45, 7) is 0.785. The standard InChI is InChI=1S/C20H20F3N3O2/c21-20(22,23)15-7-2-1-5-13(15)14-6-3-8-16(14)24-11-12-26-18-17(28-19(26)27)9-4-10-25-18/h1-2,4-5,7,9-10,14,16,24H,3,6,8,11-12H2/t14-,16-/m0/s1. The van der Waals surface area contributed by atoms with Crippen molar-refractivity contribution < 1.29 is 17.6 Å². The van der Waals surface area contributed by atoms with Crippen molar-refractivity contribution in [3.05, 3.63) is 64.3 Å². The fourth-order valence-electron chi connectivity index (χ4n) is 4.11. The van der Waals surface area contributed by atoms with Crippen molar-refractivity contribution in [2.24, 2.45) is 0 Å². The Labute approximate surface area is 159 Å². The van der Waals surface area contributed by atoms with E-state index in [1.807, 2.05) is 0 Å². The van der Waals surface area contributed by atoms with Gasteiger partial charge in [-0.1, -0.05) is 24.6 Å². The Morgan fingerprint density at radius 3 is 2.82 bits per heavy atom. The Balaban J connectivity index is 1.48. The highest BCUT2D eigenvalue weighted by Crippen LogP contribution is 2.41. The Morgan fingerprint density at radius 2 is 2.00 bits per heavy atom. The van der Waals surface area contributed by atoms with Gasteiger partial charge in [0, 0.05) is 25.3 Å². The van der Waals surface area contributed by atoms with Crippen LogP contribution in [-0.4, -0.2) is 22.1 Å². The van der Waals surface area contributed by atoms with Crippen molar-refractivity contribution in [3.8, 4) is 0 Å². The molecular formula is C20H20F3N3O2. The summed E-state index contributed by atoms with van der Waals surface area (Å²) >= 11 is 0. The van der Waals surface area contributed by atoms with E-state index in [2.05, 4.69) is 10.3 Å². The zero-order valence-corrected chi connectivity index (χ0v) is 15.1. The number of pyridine rings is 1. The first kappa shape index (κ1) is 18.7. The number of alkyl halides is 3. The summed E-state index contributed by atoms with van der Waals surface area (Å²) in [4.78, 5) is 16.2. The molecular weight excluding hydrogens is 371 g/mol. The number of nitrogens with one attached hydrogen (secondary N) is 1. The quantitative estimate of drug-likeness (QED) is 0.716. The summed E-state index contributed by atoms with van der Waals surface area (Å²) in [6.07, 6.45) is -0.400. The second-order valence-corrected chi connectivity index (χ2v) is 7.03. The summed E-state index contributed by atoms with van der Waals surface area (Å²) in [6, 6.07) is 9.10. The van der Waals surface area contributed by atoms with Crippen molar-refractivity contribution in [1.82, 2.24) is 14.9 Å². The molecule has 1 fully saturated rings. The van der Waals surface area contributed by atoms with E-state index in [0.717, 1.165) is 18.9 Å². The largest absolute Gasteiger partial charge is 0.421 e. The van der Waals surface area contributed by atoms with Gasteiger partial charge >= 0.3 is 11.9 Å². The Bertz CT molecular complexity index is 1030. The molecule has 2 atom stereocenters. The summed E-state index contributed by atoms with van der Waals surface area (Å²) in [7, 11) is 0. The molecule has 1 aromatic carbocycles. The molecule has 4 rings (SSSR count). The van der Waals surface area contributed by atoms with Gasteiger partial charge in [0.05, 0.1) is 5.56 Å². The smallest absolute Gasteiger partial charge is 0.406 e. The van der Waals surface area contributed by atoms with Gasteiger partial charge in [-0.15, -0.1) is 0 Å². The first-order valence-electron chi connectivity index (χ1n) is 9.29. The van der Waals surface area contributed by atoms with Gasteiger partial charge in [0.1, 0.15) is 0 Å². The number of hydrogen-bond donors (Lipinski definition) is 1. The lowest BCUT2D eigenvalue weighted by Gasteiger charge is -2.24. The van der Waals surface area contributed by atoms with Gasteiger partial charge in [0.2, 0.25) is 0 Å². The first-order chi connectivity index (χ1) is 13.4. The van der Waals surface area contributed by atoms with Crippen molar-refractivity contribution in [1.29, 1.82) is 0 Å². The van der Waals surface area contributed by atoms with Crippen LogP contribution in [0.1, 0.15) is 36.3 Å². The van der Waals surface area contributed by atoms with Crippen LogP contribution in [0.5, 0.6) is 0 Å². The topological polar surface area (TPSA) is 60.1 Å². The molecule has 5 nitrogen and oxygen atoms in total. The SMILES string of the molecule is O=c1oc2cccnc2n1CCN[C@H]1CCC[C@H]1c1ccccc1C(F)(F)F. The molecule has 8 heteroatoms. The highest BCUT2D eigenvalue weighted by atomic mass is 19.4. The predicted molar refractivity (Wildman–Crippen MR) is 98.1 cm³/mol. The number of aromatic nitrogens is 2. The first-order valence-corrected chi connectivity index (χ1v) is 9.29. The second kappa shape index (κ2) is 7.43. The second-order valence-electron chi connectivity index (χ2n) is 7.03. The van der Waals surface area contributed by atoms with Gasteiger partial charge in [-0.2, -0.15) is 13.2 Å². The molecule has 0 unspecified atom stereocenters. The third-order valence-corrected chi connectivity index (χ3v) is 5.35. The number of oxazole rings is 1. The van der Waals surface area contributed by atoms with Gasteiger partial charge in [-0.05, 0) is 42.5 Å². The lowest BCUT2D eigenvalue weighted by atomic mass is 9.90. The molecule has 0 spiro atoms. The molecule has 148 valence electrons. The van der Waals surface area contributed by atoms with Crippen molar-refractivity contribution in [2.45, 2.75) is 43.9 Å². The number of benzene rings is 1. The molecule has 0 amide bonds. The molecule has 1 saturated carbocycles. The fourth-order valence-corrected chi connectivity index (χ4v) is 4.11. The molecule has 2 heterocycles. The van der Waals surface area contributed by atoms with Crippen LogP contribution in [0.25, 0.3) is 11.2 Å². The van der Waals surface area contributed by atoms with Crippen LogP contribution in [0.4, 0.5) is 13.2 Å². The van der Waals surface area contributed by atoms with Gasteiger partial charge in [0.15, 0.2) is 11.2 Å². The molecule has 28 heavy (non-hydrogen) atoms. The monoisotopic (exact) mass is 391 g/mol. The minimum Gasteiger partial charge on any atom is -0.406 e. The Kier molecular flexibility index (Phi) is 4.97. The molecule has 0 aliphatic heterocycles. The van der Waals surface area contributed by atoms with Crippen LogP contribution >= 0.6 is 0 Å². The third kappa shape index (κ3) is 3.56. The fraction of sp³-hybridized carbons (Fsp3) is 0.400. The molecule has 0 saturated heterocycles. The van der Waals surface area contributed by atoms with E-state index in [4.69, 9.17) is 4.42 Å². The van der Waals surface area contributed by atoms with Crippen LogP contribution < -0.4 is 11.1 Å². The van der Waals surface area contributed by atoms with E-state index in [0.29, 0.717) is 36.3 Å². The third-order valence-electron chi connectivity index (χ3n) is 5.35. The average molecular weight is 391 g/mol. The summed E-state index contributed by atoms with van der Waals surface area (Å²) in [5.74, 6) is -0.686. The lowest BCUT2D eigenvalue weighted by Crippen LogP contribution is -2.35. The molecule has 1 N–H and O–H groups in total. The van der Waals surface area contributed by atoms with Gasteiger partial charge in [-0.25, -0.2) is 9.78 Å². The zero-order chi connectivity index (χ0) is 19.7. The zero-order valence-electron chi connectivity index (χ0n) is 15.1. The van der Waals surface area contributed by atoms with E-state index in [1.54, 1.807) is 30.5 Å². The van der Waals surface area contributed by atoms with Crippen LogP contribution in [0.2, 0.25) is 0 Å². The van der Waals surface area contributed by atoms with Gasteiger partial charge in [-0.3, -0.25) is 4.57 Å². The maximum Gasteiger partial charge on any atom is 0.421 e. The number of hydrogen-bond acceptors (Lipinski definition) is 4. The Morgan fingerprint density at radius 1 is 1.18 bits per heavy atom. The highest BCUT2D eigenvalue weighted by Gasteiger charge is 2.38. The van der Waals surface area contributed by atoms with Gasteiger partial charge in [0.25, 0.3) is 0 Å². The molecule has 1 aliphatic carbocycles. The molecule has 0 radical (unpaired) electrons. The summed E-state index contributed by atoms with van der Waals surface area (Å²) in [5.41, 5.74) is 0.678. The van der Waals surface area contributed by atoms with E-state index in [-0.39, 0.29) is 12.0 Å². The maximum atomic E-state index is 13.4. The van der Waals surface area contributed by atoms with Crippen molar-refractivity contribution in [3.63, 3.8) is 0 Å². The van der Waals surface area contributed by atoms with E-state index in [1.165, 1.54) is 10.6 Å². The van der Waals surface area contributed by atoms with Crippen molar-refractivity contribution >= 4 is 11.2 Å². The van der Waals surface area contributed by atoms with Crippen LogP contribution in [0, 0.1) is 0 Å². The number of halogens is 3. The number of rotatable bonds is 5. The number of nitrogens with zero attached hydrogens (tertiary/aromatic N) is 2. The maximum absolute atomic E-state index is 13.4. The molecule has 0 bridgehead atoms. The van der Waals surface area contributed by atoms with Gasteiger partial charge < -0.3 is 9.73 Å². The Hall–Kier alpha value is -2.61. The lowest BCUT2D eigenvalue weighted by molar-refractivity contribution is -0.138. The molecule has 3 aromatic rings. The van der Waals surface area contributed by atoms with Crippen LogP contribution in [0.3, 0.4) is 0 Å². The van der Waals surface area contributed by atoms with Crippen molar-refractivity contribution in [2.75, 3.05) is 6.54 Å². The summed E-state index contributed by atoms with van der Waals surface area (Å²) in [5, 5.41) is 3.34. The van der Waals surface area contributed by atoms with Crippen LogP contribution in [0.15, 0.2) is 51.8 Å². The van der Waals surface area contributed by atoms with E-state index >= 15 is 0 Å². The predicted octanol–water partition coefficient (Wildman–Crippen LogP) is 3.93. The minimum absolute atomic E-state index is 0.0645. The molecule has 1 aliphatic rings. The molecule has 2 aromatic heterocycles. The normalized spacial score (nSPS) is 20.1. The highest BCUT2D eigenvalue weighted by molar-refractivity contribution is 5.67.